The summed E-state index contributed by atoms with van der Waals surface area (Å²) in [6.07, 6.45) is -0.692. The zero-order valence-electron chi connectivity index (χ0n) is 12.9. The van der Waals surface area contributed by atoms with Crippen molar-refractivity contribution in [3.63, 3.8) is 0 Å². The van der Waals surface area contributed by atoms with Gasteiger partial charge in [0.15, 0.2) is 11.5 Å². The van der Waals surface area contributed by atoms with E-state index in [1.54, 1.807) is 22.8 Å². The van der Waals surface area contributed by atoms with Crippen molar-refractivity contribution in [2.24, 2.45) is 0 Å². The third-order valence-electron chi connectivity index (χ3n) is 4.02. The van der Waals surface area contributed by atoms with E-state index in [-0.39, 0.29) is 5.56 Å². The molecule has 1 aromatic carbocycles. The highest BCUT2D eigenvalue weighted by atomic mass is 19.4. The molecule has 128 valence electrons. The van der Waals surface area contributed by atoms with Gasteiger partial charge < -0.3 is 5.32 Å². The van der Waals surface area contributed by atoms with Crippen LogP contribution in [0.4, 0.5) is 18.9 Å². The Morgan fingerprint density at radius 3 is 2.72 bits per heavy atom. The predicted octanol–water partition coefficient (Wildman–Crippen LogP) is 3.88. The van der Waals surface area contributed by atoms with Crippen molar-refractivity contribution in [3.8, 4) is 0 Å². The topological polar surface area (TPSA) is 59.3 Å². The first-order chi connectivity index (χ1) is 11.9. The number of aromatic nitrogens is 3. The highest BCUT2D eigenvalue weighted by Gasteiger charge is 2.31. The number of benzene rings is 1. The lowest BCUT2D eigenvalue weighted by molar-refractivity contribution is -0.137. The molecule has 3 aromatic rings. The summed E-state index contributed by atoms with van der Waals surface area (Å²) in [4.78, 5) is 16.8. The minimum atomic E-state index is -4.50. The molecule has 1 fully saturated rings. The van der Waals surface area contributed by atoms with Gasteiger partial charge in [0.25, 0.3) is 5.91 Å². The molecule has 1 amide bonds. The van der Waals surface area contributed by atoms with Crippen LogP contribution in [0.2, 0.25) is 0 Å². The molecule has 8 heteroatoms. The average molecular weight is 346 g/mol. The van der Waals surface area contributed by atoms with Crippen molar-refractivity contribution < 1.29 is 18.0 Å². The number of alkyl halides is 3. The normalized spacial score (nSPS) is 14.7. The van der Waals surface area contributed by atoms with E-state index in [1.165, 1.54) is 12.1 Å². The third-order valence-corrected chi connectivity index (χ3v) is 4.02. The van der Waals surface area contributed by atoms with E-state index in [2.05, 4.69) is 15.4 Å². The monoisotopic (exact) mass is 346 g/mol. The molecule has 4 rings (SSSR count). The van der Waals surface area contributed by atoms with Gasteiger partial charge >= 0.3 is 6.18 Å². The van der Waals surface area contributed by atoms with Crippen molar-refractivity contribution in [3.05, 3.63) is 59.5 Å². The van der Waals surface area contributed by atoms with Gasteiger partial charge in [-0.15, -0.1) is 0 Å². The van der Waals surface area contributed by atoms with E-state index in [0.717, 1.165) is 30.8 Å². The molecule has 0 saturated heterocycles. The summed E-state index contributed by atoms with van der Waals surface area (Å²) in [6.45, 7) is 0. The number of carbonyl (C=O) groups excluding carboxylic acids is 1. The van der Waals surface area contributed by atoms with E-state index in [1.807, 2.05) is 0 Å². The quantitative estimate of drug-likeness (QED) is 0.783. The zero-order valence-corrected chi connectivity index (χ0v) is 12.9. The van der Waals surface area contributed by atoms with Gasteiger partial charge in [0.2, 0.25) is 0 Å². The molecule has 0 spiro atoms. The largest absolute Gasteiger partial charge is 0.416 e. The molecule has 0 unspecified atom stereocenters. The predicted molar refractivity (Wildman–Crippen MR) is 84.4 cm³/mol. The maximum absolute atomic E-state index is 12.8. The van der Waals surface area contributed by atoms with Gasteiger partial charge in [0.1, 0.15) is 0 Å². The molecular weight excluding hydrogens is 333 g/mol. The van der Waals surface area contributed by atoms with Crippen molar-refractivity contribution in [2.45, 2.75) is 24.9 Å². The summed E-state index contributed by atoms with van der Waals surface area (Å²) in [6, 6.07) is 7.64. The Balaban J connectivity index is 1.64. The minimum Gasteiger partial charge on any atom is -0.319 e. The molecule has 0 bridgehead atoms. The summed E-state index contributed by atoms with van der Waals surface area (Å²) in [5.41, 5.74) is -0.0512. The molecule has 1 aliphatic rings. The van der Waals surface area contributed by atoms with Gasteiger partial charge in [-0.2, -0.15) is 18.3 Å². The first-order valence-corrected chi connectivity index (χ1v) is 7.76. The number of fused-ring (bicyclic) bond motifs is 1. The van der Waals surface area contributed by atoms with E-state index in [4.69, 9.17) is 0 Å². The lowest BCUT2D eigenvalue weighted by Crippen LogP contribution is -2.14. The van der Waals surface area contributed by atoms with Crippen LogP contribution in [0.3, 0.4) is 0 Å². The van der Waals surface area contributed by atoms with Crippen LogP contribution in [0.1, 0.15) is 40.5 Å². The molecule has 2 heterocycles. The highest BCUT2D eigenvalue weighted by molar-refractivity contribution is 6.06. The molecule has 1 aliphatic carbocycles. The van der Waals surface area contributed by atoms with Crippen molar-refractivity contribution in [1.82, 2.24) is 14.6 Å². The third kappa shape index (κ3) is 3.07. The lowest BCUT2D eigenvalue weighted by atomic mass is 10.1. The van der Waals surface area contributed by atoms with Gasteiger partial charge in [0, 0.05) is 17.7 Å². The van der Waals surface area contributed by atoms with Crippen LogP contribution in [0.25, 0.3) is 5.65 Å². The van der Waals surface area contributed by atoms with Gasteiger partial charge in [-0.25, -0.2) is 9.50 Å². The first-order valence-electron chi connectivity index (χ1n) is 7.76. The Morgan fingerprint density at radius 1 is 1.20 bits per heavy atom. The summed E-state index contributed by atoms with van der Waals surface area (Å²) in [7, 11) is 0. The Labute approximate surface area is 140 Å². The summed E-state index contributed by atoms with van der Waals surface area (Å²) < 4.78 is 40.0. The van der Waals surface area contributed by atoms with Crippen molar-refractivity contribution >= 4 is 17.2 Å². The Hall–Kier alpha value is -2.90. The molecule has 0 aliphatic heterocycles. The van der Waals surface area contributed by atoms with Crippen LogP contribution < -0.4 is 5.32 Å². The number of anilines is 1. The second-order valence-electron chi connectivity index (χ2n) is 5.97. The molecule has 1 saturated carbocycles. The van der Waals surface area contributed by atoms with E-state index in [9.17, 15) is 18.0 Å². The highest BCUT2D eigenvalue weighted by Crippen LogP contribution is 2.38. The second-order valence-corrected chi connectivity index (χ2v) is 5.97. The second kappa shape index (κ2) is 5.58. The van der Waals surface area contributed by atoms with Gasteiger partial charge in [0.05, 0.1) is 11.3 Å². The fourth-order valence-electron chi connectivity index (χ4n) is 2.57. The number of pyridine rings is 1. The molecule has 2 aromatic heterocycles. The molecular formula is C17H13F3N4O. The van der Waals surface area contributed by atoms with Gasteiger partial charge in [-0.05, 0) is 43.2 Å². The Bertz CT molecular complexity index is 960. The Morgan fingerprint density at radius 2 is 2.00 bits per heavy atom. The zero-order chi connectivity index (χ0) is 17.6. The van der Waals surface area contributed by atoms with Crippen molar-refractivity contribution in [1.29, 1.82) is 0 Å². The summed E-state index contributed by atoms with van der Waals surface area (Å²) >= 11 is 0. The van der Waals surface area contributed by atoms with Crippen LogP contribution in [0.5, 0.6) is 0 Å². The smallest absolute Gasteiger partial charge is 0.319 e. The first kappa shape index (κ1) is 15.6. The van der Waals surface area contributed by atoms with Crippen LogP contribution in [-0.4, -0.2) is 20.5 Å². The maximum Gasteiger partial charge on any atom is 0.416 e. The fourth-order valence-corrected chi connectivity index (χ4v) is 2.57. The number of rotatable bonds is 3. The van der Waals surface area contributed by atoms with Crippen LogP contribution >= 0.6 is 0 Å². The number of nitrogens with zero attached hydrogens (tertiary/aromatic N) is 3. The SMILES string of the molecule is O=C(Nc1cccn2nc(C3CC3)nc12)c1cccc(C(F)(F)F)c1. The van der Waals surface area contributed by atoms with E-state index >= 15 is 0 Å². The van der Waals surface area contributed by atoms with Gasteiger partial charge in [-0.3, -0.25) is 4.79 Å². The van der Waals surface area contributed by atoms with Crippen LogP contribution in [0, 0.1) is 0 Å². The molecule has 1 N–H and O–H groups in total. The van der Waals surface area contributed by atoms with E-state index in [0.29, 0.717) is 17.3 Å². The number of hydrogen-bond acceptors (Lipinski definition) is 3. The van der Waals surface area contributed by atoms with E-state index < -0.39 is 17.6 Å². The standard InChI is InChI=1S/C17H13F3N4O/c18-17(19,20)12-4-1-3-11(9-12)16(25)21-13-5-2-8-24-15(13)22-14(23-24)10-6-7-10/h1-5,8-10H,6-7H2,(H,21,25). The average Bonchev–Trinajstić information content (AvgIpc) is 3.33. The lowest BCUT2D eigenvalue weighted by Gasteiger charge is -2.09. The van der Waals surface area contributed by atoms with Crippen LogP contribution in [-0.2, 0) is 6.18 Å². The maximum atomic E-state index is 12.8. The number of halogens is 3. The molecule has 25 heavy (non-hydrogen) atoms. The van der Waals surface area contributed by atoms with Gasteiger partial charge in [-0.1, -0.05) is 6.07 Å². The molecule has 0 radical (unpaired) electrons. The minimum absolute atomic E-state index is 0.0706. The summed E-state index contributed by atoms with van der Waals surface area (Å²) in [5.74, 6) is 0.447. The number of amides is 1. The number of hydrogen-bond donors (Lipinski definition) is 1. The molecule has 5 nitrogen and oxygen atoms in total. The van der Waals surface area contributed by atoms with Crippen molar-refractivity contribution in [2.75, 3.05) is 5.32 Å². The Kier molecular flexibility index (Phi) is 3.48. The number of nitrogens with one attached hydrogen (secondary N) is 1. The molecule has 0 atom stereocenters. The number of carbonyl (C=O) groups is 1. The summed E-state index contributed by atoms with van der Waals surface area (Å²) in [5, 5.41) is 6.99. The van der Waals surface area contributed by atoms with Crippen LogP contribution in [0.15, 0.2) is 42.6 Å². The fraction of sp³-hybridized carbons (Fsp3) is 0.235.